The molecule has 4 rings (SSSR count). The van der Waals surface area contributed by atoms with Crippen LogP contribution in [0.15, 0.2) is 108 Å². The van der Waals surface area contributed by atoms with Crippen molar-refractivity contribution in [3.8, 4) is 22.6 Å². The minimum Gasteiger partial charge on any atom is -0.494 e. The Morgan fingerprint density at radius 2 is 1.54 bits per heavy atom. The fourth-order valence-electron chi connectivity index (χ4n) is 3.65. The Bertz CT molecular complexity index is 1300. The number of nitrogens with one attached hydrogen (secondary N) is 1. The average Bonchev–Trinajstić information content (AvgIpc) is 2.93. The molecule has 0 aliphatic rings. The molecule has 0 saturated heterocycles. The highest BCUT2D eigenvalue weighted by Gasteiger charge is 2.07. The molecule has 4 aromatic carbocycles. The monoisotopic (exact) mass is 492 g/mol. The third-order valence-corrected chi connectivity index (χ3v) is 5.81. The van der Waals surface area contributed by atoms with Gasteiger partial charge in [0.2, 0.25) is 0 Å². The summed E-state index contributed by atoms with van der Waals surface area (Å²) in [5.41, 5.74) is 7.11. The van der Waals surface area contributed by atoms with Gasteiger partial charge in [0.1, 0.15) is 18.1 Å². The summed E-state index contributed by atoms with van der Waals surface area (Å²) in [7, 11) is 0. The second kappa shape index (κ2) is 13.1. The topological polar surface area (TPSA) is 59.9 Å². The quantitative estimate of drug-likeness (QED) is 0.179. The van der Waals surface area contributed by atoms with Gasteiger partial charge in [0.05, 0.1) is 12.8 Å². The Morgan fingerprint density at radius 3 is 2.27 bits per heavy atom. The zero-order chi connectivity index (χ0) is 25.9. The molecule has 0 saturated carbocycles. The molecule has 1 amide bonds. The molecule has 0 atom stereocenters. The lowest BCUT2D eigenvalue weighted by Gasteiger charge is -2.12. The molecule has 5 nitrogen and oxygen atoms in total. The molecule has 0 aliphatic heterocycles. The number of benzene rings is 4. The first kappa shape index (κ1) is 25.7. The van der Waals surface area contributed by atoms with E-state index in [2.05, 4.69) is 42.6 Å². The summed E-state index contributed by atoms with van der Waals surface area (Å²) in [6.07, 6.45) is 2.63. The van der Waals surface area contributed by atoms with Crippen molar-refractivity contribution in [3.05, 3.63) is 120 Å². The first-order valence-corrected chi connectivity index (χ1v) is 12.5. The van der Waals surface area contributed by atoms with Crippen molar-refractivity contribution in [1.82, 2.24) is 5.43 Å². The van der Waals surface area contributed by atoms with Crippen LogP contribution in [0, 0.1) is 5.92 Å². The summed E-state index contributed by atoms with van der Waals surface area (Å²) in [5.74, 6) is 1.99. The largest absolute Gasteiger partial charge is 0.494 e. The SMILES string of the molecule is CC(C)CCOc1ccc(/C=N/NC(=O)c2ccc(COc3ccccc3-c3ccccc3)cc2)cc1. The Hall–Kier alpha value is -4.38. The molecule has 0 radical (unpaired) electrons. The predicted molar refractivity (Wildman–Crippen MR) is 149 cm³/mol. The molecule has 0 heterocycles. The van der Waals surface area contributed by atoms with Gasteiger partial charge in [0.25, 0.3) is 5.91 Å². The normalized spacial score (nSPS) is 11.0. The van der Waals surface area contributed by atoms with Crippen molar-refractivity contribution in [3.63, 3.8) is 0 Å². The zero-order valence-corrected chi connectivity index (χ0v) is 21.3. The van der Waals surface area contributed by atoms with Gasteiger partial charge in [-0.05, 0) is 71.5 Å². The van der Waals surface area contributed by atoms with E-state index in [9.17, 15) is 4.79 Å². The van der Waals surface area contributed by atoms with Crippen LogP contribution in [-0.2, 0) is 6.61 Å². The summed E-state index contributed by atoms with van der Waals surface area (Å²) >= 11 is 0. The molecular formula is C32H32N2O3. The van der Waals surface area contributed by atoms with E-state index in [-0.39, 0.29) is 5.91 Å². The Kier molecular flexibility index (Phi) is 9.08. The van der Waals surface area contributed by atoms with E-state index in [1.165, 1.54) is 0 Å². The van der Waals surface area contributed by atoms with Crippen molar-refractivity contribution in [2.75, 3.05) is 6.61 Å². The molecular weight excluding hydrogens is 460 g/mol. The van der Waals surface area contributed by atoms with Gasteiger partial charge in [-0.25, -0.2) is 5.43 Å². The molecule has 0 fully saturated rings. The summed E-state index contributed by atoms with van der Waals surface area (Å²) in [5, 5.41) is 4.08. The van der Waals surface area contributed by atoms with Crippen LogP contribution in [0.2, 0.25) is 0 Å². The second-order valence-corrected chi connectivity index (χ2v) is 9.15. The Balaban J connectivity index is 1.27. The highest BCUT2D eigenvalue weighted by Crippen LogP contribution is 2.30. The van der Waals surface area contributed by atoms with E-state index in [4.69, 9.17) is 9.47 Å². The number of amides is 1. The van der Waals surface area contributed by atoms with Gasteiger partial charge in [0, 0.05) is 11.1 Å². The molecule has 188 valence electrons. The molecule has 5 heteroatoms. The van der Waals surface area contributed by atoms with E-state index < -0.39 is 0 Å². The van der Waals surface area contributed by atoms with Crippen LogP contribution >= 0.6 is 0 Å². The third-order valence-electron chi connectivity index (χ3n) is 5.81. The fraction of sp³-hybridized carbons (Fsp3) is 0.188. The number of hydrazone groups is 1. The van der Waals surface area contributed by atoms with Crippen molar-refractivity contribution < 1.29 is 14.3 Å². The summed E-state index contributed by atoms with van der Waals surface area (Å²) in [6.45, 7) is 5.45. The molecule has 4 aromatic rings. The van der Waals surface area contributed by atoms with Crippen molar-refractivity contribution >= 4 is 12.1 Å². The van der Waals surface area contributed by atoms with Crippen LogP contribution in [-0.4, -0.2) is 18.7 Å². The highest BCUT2D eigenvalue weighted by atomic mass is 16.5. The van der Waals surface area contributed by atoms with E-state index in [0.717, 1.165) is 40.2 Å². The van der Waals surface area contributed by atoms with Crippen LogP contribution < -0.4 is 14.9 Å². The van der Waals surface area contributed by atoms with Crippen LogP contribution in [0.3, 0.4) is 0 Å². The fourth-order valence-corrected chi connectivity index (χ4v) is 3.65. The molecule has 0 aromatic heterocycles. The first-order valence-electron chi connectivity index (χ1n) is 12.5. The number of carbonyl (C=O) groups excluding carboxylic acids is 1. The second-order valence-electron chi connectivity index (χ2n) is 9.15. The van der Waals surface area contributed by atoms with E-state index in [1.807, 2.05) is 72.8 Å². The molecule has 1 N–H and O–H groups in total. The number of nitrogens with zero attached hydrogens (tertiary/aromatic N) is 1. The van der Waals surface area contributed by atoms with E-state index in [0.29, 0.717) is 24.7 Å². The maximum Gasteiger partial charge on any atom is 0.271 e. The van der Waals surface area contributed by atoms with Gasteiger partial charge >= 0.3 is 0 Å². The number of para-hydroxylation sites is 1. The lowest BCUT2D eigenvalue weighted by molar-refractivity contribution is 0.0955. The molecule has 0 aliphatic carbocycles. The van der Waals surface area contributed by atoms with E-state index in [1.54, 1.807) is 18.3 Å². The van der Waals surface area contributed by atoms with Gasteiger partial charge in [-0.1, -0.05) is 74.5 Å². The minimum absolute atomic E-state index is 0.271. The van der Waals surface area contributed by atoms with Gasteiger partial charge < -0.3 is 9.47 Å². The van der Waals surface area contributed by atoms with Crippen LogP contribution in [0.5, 0.6) is 11.5 Å². The number of ether oxygens (including phenoxy) is 2. The molecule has 0 spiro atoms. The molecule has 0 unspecified atom stereocenters. The van der Waals surface area contributed by atoms with Crippen molar-refractivity contribution in [2.45, 2.75) is 26.9 Å². The summed E-state index contributed by atoms with van der Waals surface area (Å²) in [4.78, 5) is 12.5. The minimum atomic E-state index is -0.271. The zero-order valence-electron chi connectivity index (χ0n) is 21.3. The number of hydrogen-bond acceptors (Lipinski definition) is 4. The van der Waals surface area contributed by atoms with Crippen molar-refractivity contribution in [1.29, 1.82) is 0 Å². The maximum absolute atomic E-state index is 12.5. The van der Waals surface area contributed by atoms with Gasteiger partial charge in [-0.3, -0.25) is 4.79 Å². The van der Waals surface area contributed by atoms with Crippen LogP contribution in [0.1, 0.15) is 41.8 Å². The third kappa shape index (κ3) is 7.80. The Morgan fingerprint density at radius 1 is 0.838 bits per heavy atom. The number of carbonyl (C=O) groups is 1. The lowest BCUT2D eigenvalue weighted by Crippen LogP contribution is -2.17. The van der Waals surface area contributed by atoms with E-state index >= 15 is 0 Å². The molecule has 37 heavy (non-hydrogen) atoms. The number of hydrogen-bond donors (Lipinski definition) is 1. The molecule has 0 bridgehead atoms. The number of rotatable bonds is 11. The van der Waals surface area contributed by atoms with Gasteiger partial charge in [0.15, 0.2) is 0 Å². The van der Waals surface area contributed by atoms with Crippen molar-refractivity contribution in [2.24, 2.45) is 11.0 Å². The van der Waals surface area contributed by atoms with Gasteiger partial charge in [-0.15, -0.1) is 0 Å². The Labute approximate surface area is 218 Å². The summed E-state index contributed by atoms with van der Waals surface area (Å²) in [6, 6.07) is 33.1. The first-order chi connectivity index (χ1) is 18.1. The standard InChI is InChI=1S/C32H32N2O3/c1-24(2)20-21-36-29-18-14-25(15-19-29)22-33-34-32(35)28-16-12-26(13-17-28)23-37-31-11-7-6-10-30(31)27-8-4-3-5-9-27/h3-19,22,24H,20-21,23H2,1-2H3,(H,34,35)/b33-22+. The van der Waals surface area contributed by atoms with Crippen LogP contribution in [0.25, 0.3) is 11.1 Å². The predicted octanol–water partition coefficient (Wildman–Crippen LogP) is 7.12. The maximum atomic E-state index is 12.5. The lowest BCUT2D eigenvalue weighted by atomic mass is 10.0. The average molecular weight is 493 g/mol. The smallest absolute Gasteiger partial charge is 0.271 e. The highest BCUT2D eigenvalue weighted by molar-refractivity contribution is 5.94. The summed E-state index contributed by atoms with van der Waals surface area (Å²) < 4.78 is 11.8. The van der Waals surface area contributed by atoms with Crippen LogP contribution in [0.4, 0.5) is 0 Å². The van der Waals surface area contributed by atoms with Gasteiger partial charge in [-0.2, -0.15) is 5.10 Å².